The van der Waals surface area contributed by atoms with Gasteiger partial charge in [0.05, 0.1) is 22.4 Å². The number of anilines is 6. The highest BCUT2D eigenvalue weighted by atomic mass is 16.3. The number of hydrogen-bond donors (Lipinski definition) is 0. The van der Waals surface area contributed by atoms with Gasteiger partial charge in [0.2, 0.25) is 0 Å². The maximum atomic E-state index is 6.74. The zero-order valence-electron chi connectivity index (χ0n) is 39.8. The average molecular weight is 927 g/mol. The Hall–Kier alpha value is -9.26. The zero-order valence-corrected chi connectivity index (χ0v) is 39.8. The van der Waals surface area contributed by atoms with Gasteiger partial charge in [-0.3, -0.25) is 0 Å². The molecule has 0 spiro atoms. The molecule has 342 valence electrons. The Morgan fingerprint density at radius 2 is 0.708 bits per heavy atom. The number of benzene rings is 11. The number of hydrogen-bond acceptors (Lipinski definition) is 4. The van der Waals surface area contributed by atoms with Crippen molar-refractivity contribution < 1.29 is 8.83 Å². The van der Waals surface area contributed by atoms with Gasteiger partial charge in [-0.2, -0.15) is 0 Å². The molecule has 0 aliphatic heterocycles. The summed E-state index contributed by atoms with van der Waals surface area (Å²) in [7, 11) is 0. The van der Waals surface area contributed by atoms with Crippen LogP contribution in [0.5, 0.6) is 0 Å². The maximum absolute atomic E-state index is 6.74. The summed E-state index contributed by atoms with van der Waals surface area (Å²) in [5.41, 5.74) is 14.9. The van der Waals surface area contributed by atoms with Crippen molar-refractivity contribution in [2.24, 2.45) is 0 Å². The minimum Gasteiger partial charge on any atom is -0.456 e. The molecule has 15 rings (SSSR count). The molecule has 0 atom stereocenters. The molecule has 0 radical (unpaired) electrons. The summed E-state index contributed by atoms with van der Waals surface area (Å²) in [5, 5.41) is 13.9. The van der Waals surface area contributed by atoms with E-state index in [0.717, 1.165) is 113 Å². The van der Waals surface area contributed by atoms with E-state index in [0.29, 0.717) is 0 Å². The third kappa shape index (κ3) is 5.96. The monoisotopic (exact) mass is 926 g/mol. The Kier molecular flexibility index (Phi) is 8.81. The first-order chi connectivity index (χ1) is 35.6. The molecule has 11 aromatic carbocycles. The lowest BCUT2D eigenvalue weighted by atomic mass is 10.0. The van der Waals surface area contributed by atoms with Crippen molar-refractivity contribution in [2.75, 3.05) is 9.80 Å². The molecule has 15 aromatic rings. The standard InChI is InChI=1S/C66H46N4O2/c1-3-67-57-25-13-11-21-49(57)51-23-15-27-59(65(51)67)69(45-17-7-5-8-18-45)47-31-29-41-35-53-55-39-56-54-36-42-30-32-48(34-44(42)38-62(54)72-64(56)40-63(55)71-61(53)37-43(41)33-47)70(46-19-9-6-10-20-46)60-28-16-24-52-50-22-12-14-26-58(50)68(4-2)66(52)60/h5-40H,3-4H2,1-2H3. The number of rotatable bonds is 8. The van der Waals surface area contributed by atoms with E-state index in [4.69, 9.17) is 8.83 Å². The van der Waals surface area contributed by atoms with Crippen LogP contribution >= 0.6 is 0 Å². The molecule has 0 N–H and O–H groups in total. The Bertz CT molecular complexity index is 4380. The number of nitrogens with zero attached hydrogens (tertiary/aromatic N) is 4. The van der Waals surface area contributed by atoms with E-state index < -0.39 is 0 Å². The highest BCUT2D eigenvalue weighted by molar-refractivity contribution is 6.20. The van der Waals surface area contributed by atoms with Crippen LogP contribution in [0.2, 0.25) is 0 Å². The lowest BCUT2D eigenvalue weighted by molar-refractivity contribution is 0.656. The van der Waals surface area contributed by atoms with Gasteiger partial charge in [-0.25, -0.2) is 0 Å². The first-order valence-electron chi connectivity index (χ1n) is 25.0. The van der Waals surface area contributed by atoms with Crippen LogP contribution in [0.25, 0.3) is 109 Å². The average Bonchev–Trinajstić information content (AvgIpc) is 4.16. The quantitative estimate of drug-likeness (QED) is 0.152. The molecule has 4 aromatic heterocycles. The van der Waals surface area contributed by atoms with Crippen LogP contribution in [0.3, 0.4) is 0 Å². The fourth-order valence-electron chi connectivity index (χ4n) is 12.0. The van der Waals surface area contributed by atoms with Gasteiger partial charge in [0.1, 0.15) is 22.3 Å². The molecular formula is C66H46N4O2. The molecular weight excluding hydrogens is 881 g/mol. The van der Waals surface area contributed by atoms with Crippen molar-refractivity contribution in [3.63, 3.8) is 0 Å². The molecule has 0 saturated carbocycles. The number of aryl methyl sites for hydroxylation is 2. The summed E-state index contributed by atoms with van der Waals surface area (Å²) in [6, 6.07) is 79.2. The van der Waals surface area contributed by atoms with E-state index in [-0.39, 0.29) is 0 Å². The molecule has 0 bridgehead atoms. The SMILES string of the molecule is CCn1c2ccccc2c2cccc(N(c3ccccc3)c3ccc4cc5c(cc4c3)oc3cc4oc6cc7cc(N(c8ccccc8)c8cccc9c%10ccccc%10n(CC)c89)ccc7cc6c4cc35)c21. The summed E-state index contributed by atoms with van der Waals surface area (Å²) >= 11 is 0. The van der Waals surface area contributed by atoms with Crippen molar-refractivity contribution in [3.05, 3.63) is 218 Å². The summed E-state index contributed by atoms with van der Waals surface area (Å²) in [6.45, 7) is 6.19. The Labute approximate surface area is 414 Å². The molecule has 0 unspecified atom stereocenters. The van der Waals surface area contributed by atoms with Gasteiger partial charge in [-0.15, -0.1) is 0 Å². The van der Waals surface area contributed by atoms with Crippen molar-refractivity contribution in [1.82, 2.24) is 9.13 Å². The van der Waals surface area contributed by atoms with Crippen molar-refractivity contribution in [3.8, 4) is 0 Å². The summed E-state index contributed by atoms with van der Waals surface area (Å²) in [6.07, 6.45) is 0. The normalized spacial score (nSPS) is 12.1. The minimum atomic E-state index is 0.807. The summed E-state index contributed by atoms with van der Waals surface area (Å²) in [4.78, 5) is 4.79. The zero-order chi connectivity index (χ0) is 47.6. The second kappa shape index (κ2) is 15.6. The van der Waals surface area contributed by atoms with Gasteiger partial charge in [0, 0.05) is 96.0 Å². The van der Waals surface area contributed by atoms with Gasteiger partial charge in [-0.05, 0) is 139 Å². The van der Waals surface area contributed by atoms with E-state index in [1.165, 1.54) is 43.6 Å². The van der Waals surface area contributed by atoms with Crippen LogP contribution < -0.4 is 9.80 Å². The van der Waals surface area contributed by atoms with Gasteiger partial charge >= 0.3 is 0 Å². The van der Waals surface area contributed by atoms with Gasteiger partial charge < -0.3 is 27.8 Å². The number of aromatic nitrogens is 2. The fourth-order valence-corrected chi connectivity index (χ4v) is 12.0. The summed E-state index contributed by atoms with van der Waals surface area (Å²) in [5.74, 6) is 0. The molecule has 0 fully saturated rings. The van der Waals surface area contributed by atoms with Crippen molar-refractivity contribution in [1.29, 1.82) is 0 Å². The van der Waals surface area contributed by atoms with Gasteiger partial charge in [0.15, 0.2) is 0 Å². The van der Waals surface area contributed by atoms with E-state index in [1.54, 1.807) is 0 Å². The molecule has 6 heteroatoms. The maximum Gasteiger partial charge on any atom is 0.139 e. The van der Waals surface area contributed by atoms with Crippen LogP contribution in [0.15, 0.2) is 227 Å². The van der Waals surface area contributed by atoms with Gasteiger partial charge in [-0.1, -0.05) is 109 Å². The molecule has 0 aliphatic rings. The van der Waals surface area contributed by atoms with E-state index in [1.807, 2.05) is 0 Å². The fraction of sp³-hybridized carbons (Fsp3) is 0.0606. The second-order valence-corrected chi connectivity index (χ2v) is 19.0. The van der Waals surface area contributed by atoms with Crippen LogP contribution in [-0.4, -0.2) is 9.13 Å². The minimum absolute atomic E-state index is 0.807. The second-order valence-electron chi connectivity index (χ2n) is 19.0. The highest BCUT2D eigenvalue weighted by Gasteiger charge is 2.23. The molecule has 0 amide bonds. The number of fused-ring (bicyclic) bond motifs is 14. The van der Waals surface area contributed by atoms with Gasteiger partial charge in [0.25, 0.3) is 0 Å². The Morgan fingerprint density at radius 1 is 0.306 bits per heavy atom. The molecule has 4 heterocycles. The topological polar surface area (TPSA) is 42.6 Å². The largest absolute Gasteiger partial charge is 0.456 e. The smallest absolute Gasteiger partial charge is 0.139 e. The molecule has 6 nitrogen and oxygen atoms in total. The molecule has 72 heavy (non-hydrogen) atoms. The summed E-state index contributed by atoms with van der Waals surface area (Å²) < 4.78 is 18.4. The third-order valence-electron chi connectivity index (χ3n) is 15.1. The van der Waals surface area contributed by atoms with E-state index in [2.05, 4.69) is 251 Å². The van der Waals surface area contributed by atoms with Crippen molar-refractivity contribution >= 4 is 143 Å². The predicted octanol–water partition coefficient (Wildman–Crippen LogP) is 19.0. The van der Waals surface area contributed by atoms with Crippen LogP contribution in [-0.2, 0) is 13.1 Å². The van der Waals surface area contributed by atoms with E-state index in [9.17, 15) is 0 Å². The van der Waals surface area contributed by atoms with Crippen LogP contribution in [0.4, 0.5) is 34.1 Å². The molecule has 0 saturated heterocycles. The van der Waals surface area contributed by atoms with Crippen LogP contribution in [0.1, 0.15) is 13.8 Å². The lowest BCUT2D eigenvalue weighted by Gasteiger charge is -2.27. The molecule has 0 aliphatic carbocycles. The Morgan fingerprint density at radius 3 is 1.17 bits per heavy atom. The number of furan rings is 2. The van der Waals surface area contributed by atoms with E-state index >= 15 is 0 Å². The van der Waals surface area contributed by atoms with Crippen LogP contribution in [0, 0.1) is 0 Å². The predicted molar refractivity (Wildman–Crippen MR) is 303 cm³/mol. The first-order valence-corrected chi connectivity index (χ1v) is 25.0. The third-order valence-corrected chi connectivity index (χ3v) is 15.1. The first kappa shape index (κ1) is 40.6. The lowest BCUT2D eigenvalue weighted by Crippen LogP contribution is -2.11. The Balaban J connectivity index is 0.842. The van der Waals surface area contributed by atoms with Crippen molar-refractivity contribution in [2.45, 2.75) is 26.9 Å². The number of para-hydroxylation sites is 6. The highest BCUT2D eigenvalue weighted by Crippen LogP contribution is 2.46.